The number of likely N-dealkylation sites (tertiary alicyclic amines) is 2. The molecule has 9 heteroatoms. The average molecular weight is 530 g/mol. The van der Waals surface area contributed by atoms with Gasteiger partial charge in [0.25, 0.3) is 0 Å². The monoisotopic (exact) mass is 529 g/mol. The molecule has 37 heavy (non-hydrogen) atoms. The van der Waals surface area contributed by atoms with E-state index >= 15 is 0 Å². The van der Waals surface area contributed by atoms with Gasteiger partial charge < -0.3 is 19.3 Å². The van der Waals surface area contributed by atoms with Crippen molar-refractivity contribution in [3.63, 3.8) is 0 Å². The average Bonchev–Trinajstić information content (AvgIpc) is 3.59. The molecular weight excluding hydrogens is 497 g/mol. The van der Waals surface area contributed by atoms with Gasteiger partial charge in [0.05, 0.1) is 12.0 Å². The van der Waals surface area contributed by atoms with Gasteiger partial charge in [0, 0.05) is 56.9 Å². The van der Waals surface area contributed by atoms with Crippen molar-refractivity contribution in [3.05, 3.63) is 64.9 Å². The molecule has 0 bridgehead atoms. The van der Waals surface area contributed by atoms with Crippen LogP contribution in [0.1, 0.15) is 30.7 Å². The highest BCUT2D eigenvalue weighted by molar-refractivity contribution is 6.30. The van der Waals surface area contributed by atoms with Crippen LogP contribution >= 0.6 is 11.6 Å². The first-order chi connectivity index (χ1) is 17.9. The highest BCUT2D eigenvalue weighted by Crippen LogP contribution is 2.34. The molecule has 198 valence electrons. The molecule has 0 aromatic heterocycles. The largest absolute Gasteiger partial charge is 0.415 e. The van der Waals surface area contributed by atoms with Crippen LogP contribution in [-0.2, 0) is 9.53 Å². The van der Waals surface area contributed by atoms with Crippen molar-refractivity contribution in [1.82, 2.24) is 14.7 Å². The number of halogens is 2. The maximum Gasteiger partial charge on any atom is 0.415 e. The maximum absolute atomic E-state index is 13.7. The molecule has 0 radical (unpaired) electrons. The maximum atomic E-state index is 13.7. The van der Waals surface area contributed by atoms with Gasteiger partial charge in [-0.1, -0.05) is 23.7 Å². The third-order valence-electron chi connectivity index (χ3n) is 7.98. The summed E-state index contributed by atoms with van der Waals surface area (Å²) < 4.78 is 24.3. The highest BCUT2D eigenvalue weighted by Gasteiger charge is 2.43. The van der Waals surface area contributed by atoms with Gasteiger partial charge in [0.1, 0.15) is 11.6 Å². The number of likely N-dealkylation sites (N-methyl/N-ethyl adjacent to an activating group) is 1. The lowest BCUT2D eigenvalue weighted by atomic mass is 9.93. The summed E-state index contributed by atoms with van der Waals surface area (Å²) in [6.07, 6.45) is 2.35. The molecule has 3 atom stereocenters. The molecule has 3 aliphatic heterocycles. The number of amides is 2. The number of hydrogen-bond acceptors (Lipinski definition) is 5. The molecule has 0 N–H and O–H groups in total. The van der Waals surface area contributed by atoms with Crippen LogP contribution in [0.15, 0.2) is 48.5 Å². The number of benzene rings is 2. The predicted octanol–water partition coefficient (Wildman–Crippen LogP) is 4.41. The first-order valence-corrected chi connectivity index (χ1v) is 13.3. The molecule has 3 fully saturated rings. The van der Waals surface area contributed by atoms with E-state index in [-0.39, 0.29) is 29.5 Å². The molecule has 3 heterocycles. The number of rotatable bonds is 5. The van der Waals surface area contributed by atoms with Gasteiger partial charge in [-0.25, -0.2) is 9.18 Å². The van der Waals surface area contributed by atoms with Crippen LogP contribution in [0.3, 0.4) is 0 Å². The number of nitrogens with zero attached hydrogens (tertiary/aromatic N) is 3. The van der Waals surface area contributed by atoms with Crippen LogP contribution in [0.25, 0.3) is 0 Å². The van der Waals surface area contributed by atoms with Gasteiger partial charge in [-0.3, -0.25) is 9.69 Å². The fourth-order valence-corrected chi connectivity index (χ4v) is 5.96. The number of hydrogen-bond donors (Lipinski definition) is 0. The van der Waals surface area contributed by atoms with E-state index in [2.05, 4.69) is 4.90 Å². The molecular formula is C28H33ClFN3O4. The summed E-state index contributed by atoms with van der Waals surface area (Å²) in [7, 11) is 1.69. The minimum absolute atomic E-state index is 0.0380. The Kier molecular flexibility index (Phi) is 7.98. The van der Waals surface area contributed by atoms with Crippen molar-refractivity contribution >= 4 is 23.6 Å². The van der Waals surface area contributed by atoms with Crippen molar-refractivity contribution in [2.75, 3.05) is 46.4 Å². The summed E-state index contributed by atoms with van der Waals surface area (Å²) in [4.78, 5) is 32.6. The summed E-state index contributed by atoms with van der Waals surface area (Å²) in [6.45, 7) is 4.23. The molecule has 0 aliphatic carbocycles. The zero-order valence-corrected chi connectivity index (χ0v) is 21.8. The van der Waals surface area contributed by atoms with E-state index in [1.165, 1.54) is 24.3 Å². The summed E-state index contributed by atoms with van der Waals surface area (Å²) in [5.74, 6) is -0.102. The first kappa shape index (κ1) is 25.9. The van der Waals surface area contributed by atoms with E-state index < -0.39 is 11.9 Å². The molecule has 2 aromatic carbocycles. The molecule has 7 nitrogen and oxygen atoms in total. The smallest absolute Gasteiger partial charge is 0.410 e. The van der Waals surface area contributed by atoms with E-state index in [1.54, 1.807) is 11.9 Å². The van der Waals surface area contributed by atoms with Crippen molar-refractivity contribution in [2.45, 2.75) is 37.3 Å². The Hall–Kier alpha value is -2.68. The quantitative estimate of drug-likeness (QED) is 0.574. The molecule has 2 amide bonds. The van der Waals surface area contributed by atoms with E-state index in [0.717, 1.165) is 51.1 Å². The Bertz CT molecular complexity index is 1090. The van der Waals surface area contributed by atoms with Crippen LogP contribution in [-0.4, -0.2) is 85.2 Å². The van der Waals surface area contributed by atoms with Gasteiger partial charge in [-0.05, 0) is 67.8 Å². The van der Waals surface area contributed by atoms with E-state index in [9.17, 15) is 14.0 Å². The first-order valence-electron chi connectivity index (χ1n) is 13.0. The minimum atomic E-state index is -0.545. The molecule has 3 aliphatic rings. The normalized spacial score (nSPS) is 24.8. The Balaban J connectivity index is 1.29. The second-order valence-electron chi connectivity index (χ2n) is 10.2. The van der Waals surface area contributed by atoms with Crippen LogP contribution in [0.5, 0.6) is 5.75 Å². The zero-order valence-electron chi connectivity index (χ0n) is 21.0. The fourth-order valence-electron chi connectivity index (χ4n) is 5.84. The van der Waals surface area contributed by atoms with Gasteiger partial charge in [0.2, 0.25) is 5.91 Å². The lowest BCUT2D eigenvalue weighted by molar-refractivity contribution is -0.134. The van der Waals surface area contributed by atoms with Gasteiger partial charge in [-0.2, -0.15) is 0 Å². The highest BCUT2D eigenvalue weighted by atomic mass is 35.5. The second kappa shape index (κ2) is 11.4. The summed E-state index contributed by atoms with van der Waals surface area (Å²) >= 11 is 6.12. The molecule has 0 spiro atoms. The van der Waals surface area contributed by atoms with E-state index in [4.69, 9.17) is 21.1 Å². The lowest BCUT2D eigenvalue weighted by Crippen LogP contribution is -2.44. The fraction of sp³-hybridized carbons (Fsp3) is 0.500. The van der Waals surface area contributed by atoms with Gasteiger partial charge in [0.15, 0.2) is 0 Å². The molecule has 3 saturated heterocycles. The topological polar surface area (TPSA) is 62.3 Å². The molecule has 5 rings (SSSR count). The van der Waals surface area contributed by atoms with Crippen LogP contribution in [0.4, 0.5) is 9.18 Å². The molecule has 2 aromatic rings. The third kappa shape index (κ3) is 5.92. The van der Waals surface area contributed by atoms with Gasteiger partial charge >= 0.3 is 6.09 Å². The third-order valence-corrected chi connectivity index (χ3v) is 8.23. The Morgan fingerprint density at radius 2 is 1.70 bits per heavy atom. The SMILES string of the molecule is CN(C(=O)Oc1ccc(F)cc1)[C@@H]1CN(C(=O)C2CCN(C3CCOCC3)C2)CC1c1ccc(Cl)cc1. The van der Waals surface area contributed by atoms with Crippen LogP contribution < -0.4 is 4.74 Å². The van der Waals surface area contributed by atoms with Crippen molar-refractivity contribution in [1.29, 1.82) is 0 Å². The number of carbonyl (C=O) groups is 2. The summed E-state index contributed by atoms with van der Waals surface area (Å²) in [5, 5.41) is 0.634. The van der Waals surface area contributed by atoms with E-state index in [1.807, 2.05) is 29.2 Å². The Labute approximate surface area is 222 Å². The second-order valence-corrected chi connectivity index (χ2v) is 10.7. The van der Waals surface area contributed by atoms with Crippen LogP contribution in [0.2, 0.25) is 5.02 Å². The minimum Gasteiger partial charge on any atom is -0.410 e. The zero-order chi connectivity index (χ0) is 25.9. The summed E-state index contributed by atoms with van der Waals surface area (Å²) in [6, 6.07) is 13.1. The van der Waals surface area contributed by atoms with Gasteiger partial charge in [-0.15, -0.1) is 0 Å². The summed E-state index contributed by atoms with van der Waals surface area (Å²) in [5.41, 5.74) is 1.02. The predicted molar refractivity (Wildman–Crippen MR) is 138 cm³/mol. The van der Waals surface area contributed by atoms with E-state index in [0.29, 0.717) is 24.2 Å². The standard InChI is InChI=1S/C28H33ClFN3O4/c1-31(28(35)37-24-8-6-22(30)7-9-24)26-18-33(17-25(26)19-2-4-21(29)5-3-19)27(34)20-10-13-32(16-20)23-11-14-36-15-12-23/h2-9,20,23,25-26H,10-18H2,1H3/t20?,25?,26-/m1/s1. The number of carbonyl (C=O) groups excluding carboxylic acids is 2. The van der Waals surface area contributed by atoms with Crippen molar-refractivity contribution in [3.8, 4) is 5.75 Å². The van der Waals surface area contributed by atoms with Crippen molar-refractivity contribution in [2.24, 2.45) is 5.92 Å². The lowest BCUT2D eigenvalue weighted by Gasteiger charge is -2.31. The Morgan fingerprint density at radius 1 is 1.00 bits per heavy atom. The molecule has 0 saturated carbocycles. The molecule has 2 unspecified atom stereocenters. The van der Waals surface area contributed by atoms with Crippen molar-refractivity contribution < 1.29 is 23.5 Å². The number of ether oxygens (including phenoxy) is 2. The van der Waals surface area contributed by atoms with Crippen LogP contribution in [0, 0.1) is 11.7 Å². The Morgan fingerprint density at radius 3 is 2.41 bits per heavy atom.